The van der Waals surface area contributed by atoms with E-state index in [-0.39, 0.29) is 0 Å². The Bertz CT molecular complexity index is 278. The van der Waals surface area contributed by atoms with Crippen molar-refractivity contribution in [2.75, 3.05) is 18.5 Å². The Morgan fingerprint density at radius 2 is 1.92 bits per heavy atom. The van der Waals surface area contributed by atoms with E-state index in [1.54, 1.807) is 0 Å². The van der Waals surface area contributed by atoms with E-state index in [1.807, 2.05) is 0 Å². The highest BCUT2D eigenvalue weighted by atomic mass is 15.1. The molecule has 0 saturated carbocycles. The van der Waals surface area contributed by atoms with Crippen LogP contribution in [0.3, 0.4) is 0 Å². The number of anilines is 1. The summed E-state index contributed by atoms with van der Waals surface area (Å²) >= 11 is 0. The normalized spacial score (nSPS) is 10.2. The summed E-state index contributed by atoms with van der Waals surface area (Å²) in [6.07, 6.45) is 1.20. The molecule has 0 aromatic heterocycles. The minimum atomic E-state index is 1.13. The number of rotatable bonds is 3. The summed E-state index contributed by atoms with van der Waals surface area (Å²) in [6, 6.07) is 6.49. The summed E-state index contributed by atoms with van der Waals surface area (Å²) in [4.78, 5) is 2.32. The highest BCUT2D eigenvalue weighted by Crippen LogP contribution is 2.21. The molecule has 13 heavy (non-hydrogen) atoms. The molecule has 0 amide bonds. The van der Waals surface area contributed by atoms with Gasteiger partial charge in [-0.05, 0) is 37.5 Å². The SMILES string of the molecule is CCCN(C)c1cccc(C)c1C. The van der Waals surface area contributed by atoms with Crippen molar-refractivity contribution < 1.29 is 0 Å². The first kappa shape index (κ1) is 10.1. The van der Waals surface area contributed by atoms with E-state index in [2.05, 4.69) is 50.9 Å². The maximum Gasteiger partial charge on any atom is 0.0395 e. The molecule has 1 rings (SSSR count). The van der Waals surface area contributed by atoms with E-state index >= 15 is 0 Å². The number of benzene rings is 1. The lowest BCUT2D eigenvalue weighted by Crippen LogP contribution is -2.18. The molecular weight excluding hydrogens is 158 g/mol. The molecule has 0 aliphatic rings. The van der Waals surface area contributed by atoms with E-state index in [4.69, 9.17) is 0 Å². The van der Waals surface area contributed by atoms with Gasteiger partial charge in [0.2, 0.25) is 0 Å². The molecule has 1 nitrogen and oxygen atoms in total. The van der Waals surface area contributed by atoms with Crippen LogP contribution in [0.15, 0.2) is 18.2 Å². The minimum absolute atomic E-state index is 1.13. The molecule has 0 heterocycles. The standard InChI is InChI=1S/C12H19N/c1-5-9-13(4)12-8-6-7-10(2)11(12)3/h6-8H,5,9H2,1-4H3. The largest absolute Gasteiger partial charge is 0.374 e. The van der Waals surface area contributed by atoms with E-state index in [0.717, 1.165) is 6.54 Å². The number of hydrogen-bond donors (Lipinski definition) is 0. The average molecular weight is 177 g/mol. The lowest BCUT2D eigenvalue weighted by atomic mass is 10.1. The third-order valence-corrected chi connectivity index (χ3v) is 2.55. The summed E-state index contributed by atoms with van der Waals surface area (Å²) in [5.74, 6) is 0. The zero-order chi connectivity index (χ0) is 9.84. The Labute approximate surface area is 81.4 Å². The molecule has 0 unspecified atom stereocenters. The van der Waals surface area contributed by atoms with Gasteiger partial charge in [-0.15, -0.1) is 0 Å². The Morgan fingerprint density at radius 1 is 1.23 bits per heavy atom. The first-order valence-corrected chi connectivity index (χ1v) is 4.94. The molecule has 0 aliphatic carbocycles. The molecule has 0 atom stereocenters. The molecule has 0 fully saturated rings. The van der Waals surface area contributed by atoms with Gasteiger partial charge in [0.05, 0.1) is 0 Å². The van der Waals surface area contributed by atoms with E-state index < -0.39 is 0 Å². The molecular formula is C12H19N. The van der Waals surface area contributed by atoms with Crippen LogP contribution in [0, 0.1) is 13.8 Å². The van der Waals surface area contributed by atoms with Gasteiger partial charge in [0.25, 0.3) is 0 Å². The number of aryl methyl sites for hydroxylation is 1. The summed E-state index contributed by atoms with van der Waals surface area (Å²) in [7, 11) is 2.16. The third kappa shape index (κ3) is 2.24. The Morgan fingerprint density at radius 3 is 2.54 bits per heavy atom. The molecule has 0 saturated heterocycles. The maximum absolute atomic E-state index is 2.32. The van der Waals surface area contributed by atoms with Gasteiger partial charge in [-0.1, -0.05) is 19.1 Å². The van der Waals surface area contributed by atoms with Crippen LogP contribution in [0.2, 0.25) is 0 Å². The third-order valence-electron chi connectivity index (χ3n) is 2.55. The highest BCUT2D eigenvalue weighted by molar-refractivity contribution is 5.55. The minimum Gasteiger partial charge on any atom is -0.374 e. The van der Waals surface area contributed by atoms with Crippen molar-refractivity contribution in [1.82, 2.24) is 0 Å². The van der Waals surface area contributed by atoms with Gasteiger partial charge in [0.1, 0.15) is 0 Å². The molecule has 1 heteroatoms. The van der Waals surface area contributed by atoms with Crippen molar-refractivity contribution in [2.24, 2.45) is 0 Å². The second kappa shape index (κ2) is 4.31. The van der Waals surface area contributed by atoms with Crippen LogP contribution in [0.1, 0.15) is 24.5 Å². The fourth-order valence-corrected chi connectivity index (χ4v) is 1.61. The number of nitrogens with zero attached hydrogens (tertiary/aromatic N) is 1. The molecule has 1 aromatic rings. The molecule has 72 valence electrons. The fourth-order valence-electron chi connectivity index (χ4n) is 1.61. The summed E-state index contributed by atoms with van der Waals surface area (Å²) in [5.41, 5.74) is 4.14. The lowest BCUT2D eigenvalue weighted by Gasteiger charge is -2.21. The van der Waals surface area contributed by atoms with E-state index in [1.165, 1.54) is 23.2 Å². The second-order valence-electron chi connectivity index (χ2n) is 3.64. The van der Waals surface area contributed by atoms with Crippen LogP contribution < -0.4 is 4.90 Å². The first-order valence-electron chi connectivity index (χ1n) is 4.94. The van der Waals surface area contributed by atoms with Crippen LogP contribution in [0.5, 0.6) is 0 Å². The average Bonchev–Trinajstić information content (AvgIpc) is 2.10. The quantitative estimate of drug-likeness (QED) is 0.685. The van der Waals surface area contributed by atoms with Gasteiger partial charge >= 0.3 is 0 Å². The van der Waals surface area contributed by atoms with Crippen molar-refractivity contribution in [3.05, 3.63) is 29.3 Å². The van der Waals surface area contributed by atoms with Crippen LogP contribution in [0.4, 0.5) is 5.69 Å². The second-order valence-corrected chi connectivity index (χ2v) is 3.64. The van der Waals surface area contributed by atoms with E-state index in [0.29, 0.717) is 0 Å². The maximum atomic E-state index is 2.32. The predicted octanol–water partition coefficient (Wildman–Crippen LogP) is 3.15. The topological polar surface area (TPSA) is 3.24 Å². The molecule has 0 bridgehead atoms. The van der Waals surface area contributed by atoms with Crippen molar-refractivity contribution in [3.8, 4) is 0 Å². The molecule has 0 spiro atoms. The van der Waals surface area contributed by atoms with Crippen molar-refractivity contribution in [3.63, 3.8) is 0 Å². The van der Waals surface area contributed by atoms with Gasteiger partial charge < -0.3 is 4.90 Å². The van der Waals surface area contributed by atoms with Gasteiger partial charge in [-0.3, -0.25) is 0 Å². The van der Waals surface area contributed by atoms with Crippen LogP contribution in [-0.4, -0.2) is 13.6 Å². The zero-order valence-electron chi connectivity index (χ0n) is 9.09. The molecule has 0 aliphatic heterocycles. The van der Waals surface area contributed by atoms with Crippen LogP contribution in [0.25, 0.3) is 0 Å². The zero-order valence-corrected chi connectivity index (χ0v) is 9.09. The molecule has 0 radical (unpaired) electrons. The Balaban J connectivity index is 2.93. The lowest BCUT2D eigenvalue weighted by molar-refractivity contribution is 0.848. The molecule has 1 aromatic carbocycles. The summed E-state index contributed by atoms with van der Waals surface area (Å²) in [6.45, 7) is 7.70. The van der Waals surface area contributed by atoms with Crippen molar-refractivity contribution >= 4 is 5.69 Å². The fraction of sp³-hybridized carbons (Fsp3) is 0.500. The van der Waals surface area contributed by atoms with Gasteiger partial charge in [0.15, 0.2) is 0 Å². The highest BCUT2D eigenvalue weighted by Gasteiger charge is 2.03. The number of hydrogen-bond acceptors (Lipinski definition) is 1. The van der Waals surface area contributed by atoms with Crippen LogP contribution >= 0.6 is 0 Å². The van der Waals surface area contributed by atoms with E-state index in [9.17, 15) is 0 Å². The smallest absolute Gasteiger partial charge is 0.0395 e. The summed E-state index contributed by atoms with van der Waals surface area (Å²) in [5, 5.41) is 0. The van der Waals surface area contributed by atoms with Gasteiger partial charge in [0, 0.05) is 19.3 Å². The Hall–Kier alpha value is -0.980. The predicted molar refractivity (Wildman–Crippen MR) is 59.5 cm³/mol. The summed E-state index contributed by atoms with van der Waals surface area (Å²) < 4.78 is 0. The first-order chi connectivity index (χ1) is 6.16. The van der Waals surface area contributed by atoms with Crippen molar-refractivity contribution in [2.45, 2.75) is 27.2 Å². The Kier molecular flexibility index (Phi) is 3.35. The molecule has 0 N–H and O–H groups in total. The van der Waals surface area contributed by atoms with Gasteiger partial charge in [-0.25, -0.2) is 0 Å². The van der Waals surface area contributed by atoms with Gasteiger partial charge in [-0.2, -0.15) is 0 Å². The van der Waals surface area contributed by atoms with Crippen LogP contribution in [-0.2, 0) is 0 Å². The van der Waals surface area contributed by atoms with Crippen molar-refractivity contribution in [1.29, 1.82) is 0 Å². The monoisotopic (exact) mass is 177 g/mol.